The van der Waals surface area contributed by atoms with Crippen LogP contribution < -0.4 is 42.5 Å². The maximum atomic E-state index is 11.7. The van der Waals surface area contributed by atoms with Crippen molar-refractivity contribution in [1.29, 1.82) is 0 Å². The molecule has 0 spiro atoms. The lowest BCUT2D eigenvalue weighted by Crippen LogP contribution is -2.48. The highest BCUT2D eigenvalue weighted by atomic mass is 16.2. The Hall–Kier alpha value is -2.92. The van der Waals surface area contributed by atoms with Crippen molar-refractivity contribution in [3.8, 4) is 0 Å². The van der Waals surface area contributed by atoms with E-state index >= 15 is 0 Å². The van der Waals surface area contributed by atoms with Crippen molar-refractivity contribution in [2.75, 3.05) is 39.3 Å². The number of hydrogen-bond donors (Lipinski definition) is 8. The number of amides is 8. The van der Waals surface area contributed by atoms with E-state index in [0.717, 1.165) is 0 Å². The molecule has 0 rings (SSSR count). The zero-order valence-electron chi connectivity index (χ0n) is 20.3. The minimum Gasteiger partial charge on any atom is -0.338 e. The van der Waals surface area contributed by atoms with Gasteiger partial charge < -0.3 is 42.5 Å². The highest BCUT2D eigenvalue weighted by molar-refractivity contribution is 5.76. The van der Waals surface area contributed by atoms with Crippen LogP contribution in [0.1, 0.15) is 54.4 Å². The van der Waals surface area contributed by atoms with Gasteiger partial charge in [0.15, 0.2) is 0 Å². The smallest absolute Gasteiger partial charge is 0.315 e. The Morgan fingerprint density at radius 1 is 0.438 bits per heavy atom. The molecule has 0 fully saturated rings. The molecule has 0 unspecified atom stereocenters. The highest BCUT2D eigenvalue weighted by Gasteiger charge is 2.13. The molecular weight excluding hydrogens is 416 g/mol. The summed E-state index contributed by atoms with van der Waals surface area (Å²) >= 11 is 0. The van der Waals surface area contributed by atoms with E-state index in [1.54, 1.807) is 0 Å². The van der Waals surface area contributed by atoms with Crippen LogP contribution in [0.4, 0.5) is 19.2 Å². The molecule has 12 heteroatoms. The fraction of sp³-hybridized carbons (Fsp3) is 0.800. The molecule has 8 amide bonds. The summed E-state index contributed by atoms with van der Waals surface area (Å²) in [5, 5.41) is 21.6. The molecule has 32 heavy (non-hydrogen) atoms. The van der Waals surface area contributed by atoms with E-state index < -0.39 is 0 Å². The Labute approximate surface area is 191 Å². The minimum absolute atomic E-state index is 0.279. The van der Waals surface area contributed by atoms with Crippen LogP contribution in [0.15, 0.2) is 0 Å². The van der Waals surface area contributed by atoms with Crippen LogP contribution in [0.25, 0.3) is 0 Å². The second-order valence-electron chi connectivity index (χ2n) is 9.33. The van der Waals surface area contributed by atoms with E-state index in [-0.39, 0.29) is 35.2 Å². The van der Waals surface area contributed by atoms with Crippen LogP contribution in [-0.2, 0) is 0 Å². The van der Waals surface area contributed by atoms with Crippen molar-refractivity contribution in [3.05, 3.63) is 0 Å². The first-order chi connectivity index (χ1) is 14.8. The van der Waals surface area contributed by atoms with Crippen molar-refractivity contribution in [2.24, 2.45) is 0 Å². The van der Waals surface area contributed by atoms with Gasteiger partial charge in [-0.15, -0.1) is 0 Å². The summed E-state index contributed by atoms with van der Waals surface area (Å²) in [4.78, 5) is 46.5. The average Bonchev–Trinajstić information content (AvgIpc) is 2.62. The Morgan fingerprint density at radius 2 is 0.688 bits per heavy atom. The van der Waals surface area contributed by atoms with E-state index in [0.29, 0.717) is 52.1 Å². The summed E-state index contributed by atoms with van der Waals surface area (Å²) < 4.78 is 0. The lowest BCUT2D eigenvalue weighted by atomic mass is 10.1. The molecule has 0 aromatic heterocycles. The average molecular weight is 459 g/mol. The second-order valence-corrected chi connectivity index (χ2v) is 9.33. The van der Waals surface area contributed by atoms with Gasteiger partial charge in [0.1, 0.15) is 0 Å². The van der Waals surface area contributed by atoms with Gasteiger partial charge in [-0.3, -0.25) is 0 Å². The predicted octanol–water partition coefficient (Wildman–Crippen LogP) is 0.560. The molecule has 0 radical (unpaired) electrons. The first-order valence-electron chi connectivity index (χ1n) is 10.9. The van der Waals surface area contributed by atoms with Crippen molar-refractivity contribution in [3.63, 3.8) is 0 Å². The fourth-order valence-corrected chi connectivity index (χ4v) is 2.25. The molecule has 0 aliphatic heterocycles. The number of unbranched alkanes of at least 4 members (excludes halogenated alkanes) is 1. The van der Waals surface area contributed by atoms with Gasteiger partial charge in [0.05, 0.1) is 0 Å². The number of rotatable bonds is 11. The standard InChI is InChI=1S/C20H42N8O4/c1-19(2,3)27-17(31)25-13-11-23-15(29)21-9-7-8-10-22-16(30)24-12-14-26-18(32)28-20(4,5)6/h7-14H2,1-6H3,(H2,21,23,29)(H2,22,24,30)(H2,25,27,31)(H2,26,28,32). The minimum atomic E-state index is -0.314. The SMILES string of the molecule is CC(C)(C)NC(=O)NCCNC(=O)NCCCCNC(=O)NCCNC(=O)NC(C)(C)C. The molecular formula is C20H42N8O4. The molecule has 0 bridgehead atoms. The largest absolute Gasteiger partial charge is 0.338 e. The van der Waals surface area contributed by atoms with E-state index in [1.165, 1.54) is 0 Å². The van der Waals surface area contributed by atoms with Gasteiger partial charge >= 0.3 is 24.1 Å². The Kier molecular flexibility index (Phi) is 13.6. The third kappa shape index (κ3) is 20.4. The number of carbonyl (C=O) groups is 4. The third-order valence-corrected chi connectivity index (χ3v) is 3.54. The molecule has 8 N–H and O–H groups in total. The molecule has 0 heterocycles. The Balaban J connectivity index is 3.56. The topological polar surface area (TPSA) is 165 Å². The van der Waals surface area contributed by atoms with Crippen molar-refractivity contribution >= 4 is 24.1 Å². The first-order valence-corrected chi connectivity index (χ1v) is 10.9. The molecule has 0 atom stereocenters. The molecule has 0 saturated carbocycles. The number of nitrogens with one attached hydrogen (secondary N) is 8. The summed E-state index contributed by atoms with van der Waals surface area (Å²) in [6.07, 6.45) is 1.41. The first kappa shape index (κ1) is 29.1. The van der Waals surface area contributed by atoms with E-state index in [4.69, 9.17) is 0 Å². The van der Waals surface area contributed by atoms with Crippen LogP contribution in [-0.4, -0.2) is 74.5 Å². The van der Waals surface area contributed by atoms with Gasteiger partial charge in [-0.05, 0) is 54.4 Å². The Morgan fingerprint density at radius 3 is 0.969 bits per heavy atom. The maximum Gasteiger partial charge on any atom is 0.315 e. The van der Waals surface area contributed by atoms with Crippen LogP contribution in [0.5, 0.6) is 0 Å². The van der Waals surface area contributed by atoms with Crippen LogP contribution in [0.3, 0.4) is 0 Å². The van der Waals surface area contributed by atoms with Crippen molar-refractivity contribution < 1.29 is 19.2 Å². The van der Waals surface area contributed by atoms with Gasteiger partial charge in [0.25, 0.3) is 0 Å². The summed E-state index contributed by atoms with van der Waals surface area (Å²) in [6.45, 7) is 13.5. The highest BCUT2D eigenvalue weighted by Crippen LogP contribution is 1.97. The molecule has 0 saturated heterocycles. The van der Waals surface area contributed by atoms with Crippen molar-refractivity contribution in [2.45, 2.75) is 65.5 Å². The van der Waals surface area contributed by atoms with Crippen LogP contribution in [0, 0.1) is 0 Å². The number of carbonyl (C=O) groups excluding carboxylic acids is 4. The lowest BCUT2D eigenvalue weighted by molar-refractivity contribution is 0.229. The van der Waals surface area contributed by atoms with E-state index in [2.05, 4.69) is 42.5 Å². The zero-order valence-corrected chi connectivity index (χ0v) is 20.3. The van der Waals surface area contributed by atoms with Crippen LogP contribution >= 0.6 is 0 Å². The quantitative estimate of drug-likeness (QED) is 0.212. The number of urea groups is 4. The molecule has 186 valence electrons. The monoisotopic (exact) mass is 458 g/mol. The Bertz CT molecular complexity index is 547. The number of hydrogen-bond acceptors (Lipinski definition) is 4. The van der Waals surface area contributed by atoms with Crippen LogP contribution in [0.2, 0.25) is 0 Å². The van der Waals surface area contributed by atoms with Gasteiger partial charge in [-0.25, -0.2) is 19.2 Å². The normalized spacial score (nSPS) is 11.1. The van der Waals surface area contributed by atoms with E-state index in [1.807, 2.05) is 41.5 Å². The third-order valence-electron chi connectivity index (χ3n) is 3.54. The van der Waals surface area contributed by atoms with Gasteiger partial charge in [-0.2, -0.15) is 0 Å². The predicted molar refractivity (Wildman–Crippen MR) is 125 cm³/mol. The second kappa shape index (κ2) is 15.0. The summed E-state index contributed by atoms with van der Waals surface area (Å²) in [7, 11) is 0. The maximum absolute atomic E-state index is 11.7. The summed E-state index contributed by atoms with van der Waals surface area (Å²) in [5.74, 6) is 0. The summed E-state index contributed by atoms with van der Waals surface area (Å²) in [6, 6.07) is -1.18. The van der Waals surface area contributed by atoms with Gasteiger partial charge in [0.2, 0.25) is 0 Å². The van der Waals surface area contributed by atoms with Crippen molar-refractivity contribution in [1.82, 2.24) is 42.5 Å². The fourth-order valence-electron chi connectivity index (χ4n) is 2.25. The molecule has 0 aliphatic rings. The summed E-state index contributed by atoms with van der Waals surface area (Å²) in [5.41, 5.74) is -0.628. The molecule has 0 aromatic carbocycles. The van der Waals surface area contributed by atoms with Gasteiger partial charge in [-0.1, -0.05) is 0 Å². The lowest BCUT2D eigenvalue weighted by Gasteiger charge is -2.20. The zero-order chi connectivity index (χ0) is 24.6. The molecule has 0 aromatic rings. The van der Waals surface area contributed by atoms with E-state index in [9.17, 15) is 19.2 Å². The van der Waals surface area contributed by atoms with Gasteiger partial charge in [0, 0.05) is 50.3 Å². The molecule has 0 aliphatic carbocycles. The molecule has 12 nitrogen and oxygen atoms in total.